The Bertz CT molecular complexity index is 548. The molecular formula is C16H22ClN3. The van der Waals surface area contributed by atoms with E-state index in [9.17, 15) is 0 Å². The van der Waals surface area contributed by atoms with Gasteiger partial charge in [0.25, 0.3) is 0 Å². The quantitative estimate of drug-likeness (QED) is 0.778. The molecule has 108 valence electrons. The van der Waals surface area contributed by atoms with Crippen LogP contribution in [0.25, 0.3) is 11.1 Å². The fourth-order valence-electron chi connectivity index (χ4n) is 2.24. The van der Waals surface area contributed by atoms with Gasteiger partial charge in [-0.25, -0.2) is 0 Å². The lowest BCUT2D eigenvalue weighted by molar-refractivity contribution is 0.603. The SMILES string of the molecule is CCCNCc1cc(Cl)ccc1-c1cnn(CCC)c1. The highest BCUT2D eigenvalue weighted by Crippen LogP contribution is 2.26. The van der Waals surface area contributed by atoms with Gasteiger partial charge in [0.15, 0.2) is 0 Å². The van der Waals surface area contributed by atoms with Crippen LogP contribution in [0.5, 0.6) is 0 Å². The summed E-state index contributed by atoms with van der Waals surface area (Å²) in [4.78, 5) is 0. The summed E-state index contributed by atoms with van der Waals surface area (Å²) < 4.78 is 1.99. The van der Waals surface area contributed by atoms with Crippen molar-refractivity contribution in [2.75, 3.05) is 6.54 Å². The van der Waals surface area contributed by atoms with Gasteiger partial charge in [-0.2, -0.15) is 5.10 Å². The molecule has 0 aliphatic rings. The first-order chi connectivity index (χ1) is 9.74. The van der Waals surface area contributed by atoms with Gasteiger partial charge in [0.1, 0.15) is 0 Å². The van der Waals surface area contributed by atoms with Gasteiger partial charge in [-0.05, 0) is 42.6 Å². The summed E-state index contributed by atoms with van der Waals surface area (Å²) >= 11 is 6.12. The molecule has 0 radical (unpaired) electrons. The lowest BCUT2D eigenvalue weighted by Gasteiger charge is -2.09. The third kappa shape index (κ3) is 3.84. The maximum Gasteiger partial charge on any atom is 0.0568 e. The van der Waals surface area contributed by atoms with Crippen molar-refractivity contribution in [3.63, 3.8) is 0 Å². The highest BCUT2D eigenvalue weighted by atomic mass is 35.5. The Balaban J connectivity index is 2.24. The molecule has 0 unspecified atom stereocenters. The number of aromatic nitrogens is 2. The summed E-state index contributed by atoms with van der Waals surface area (Å²) in [5, 5.41) is 8.62. The van der Waals surface area contributed by atoms with Crippen LogP contribution in [0.1, 0.15) is 32.3 Å². The summed E-state index contributed by atoms with van der Waals surface area (Å²) in [5.74, 6) is 0. The molecule has 1 heterocycles. The number of rotatable bonds is 7. The van der Waals surface area contributed by atoms with E-state index in [1.807, 2.05) is 23.0 Å². The molecule has 0 bridgehead atoms. The molecule has 0 fully saturated rings. The minimum Gasteiger partial charge on any atom is -0.313 e. The number of aryl methyl sites for hydroxylation is 1. The van der Waals surface area contributed by atoms with Crippen molar-refractivity contribution in [2.24, 2.45) is 0 Å². The summed E-state index contributed by atoms with van der Waals surface area (Å²) in [5.41, 5.74) is 3.59. The molecular weight excluding hydrogens is 270 g/mol. The average Bonchev–Trinajstić information content (AvgIpc) is 2.88. The van der Waals surface area contributed by atoms with Gasteiger partial charge in [0.05, 0.1) is 6.20 Å². The second kappa shape index (κ2) is 7.46. The van der Waals surface area contributed by atoms with Crippen molar-refractivity contribution in [3.8, 4) is 11.1 Å². The molecule has 1 aromatic heterocycles. The molecule has 0 atom stereocenters. The van der Waals surface area contributed by atoms with Gasteiger partial charge in [-0.1, -0.05) is 31.5 Å². The molecule has 0 spiro atoms. The number of benzene rings is 1. The fraction of sp³-hybridized carbons (Fsp3) is 0.438. The largest absolute Gasteiger partial charge is 0.313 e. The number of nitrogens with zero attached hydrogens (tertiary/aromatic N) is 2. The van der Waals surface area contributed by atoms with E-state index < -0.39 is 0 Å². The maximum atomic E-state index is 6.12. The van der Waals surface area contributed by atoms with E-state index in [1.165, 1.54) is 11.1 Å². The first kappa shape index (κ1) is 15.1. The van der Waals surface area contributed by atoms with Crippen LogP contribution in [0.3, 0.4) is 0 Å². The third-order valence-electron chi connectivity index (χ3n) is 3.21. The molecule has 0 aliphatic carbocycles. The van der Waals surface area contributed by atoms with E-state index in [1.54, 1.807) is 0 Å². The van der Waals surface area contributed by atoms with Gasteiger partial charge in [0.2, 0.25) is 0 Å². The van der Waals surface area contributed by atoms with Crippen LogP contribution in [0.4, 0.5) is 0 Å². The standard InChI is InChI=1S/C16H22ClN3/c1-3-7-18-10-13-9-15(17)5-6-16(13)14-11-19-20(12-14)8-4-2/h5-6,9,11-12,18H,3-4,7-8,10H2,1-2H3. The Hall–Kier alpha value is -1.32. The minimum atomic E-state index is 0.781. The summed E-state index contributed by atoms with van der Waals surface area (Å²) in [7, 11) is 0. The van der Waals surface area contributed by atoms with Crippen LogP contribution >= 0.6 is 11.6 Å². The molecule has 0 saturated carbocycles. The molecule has 1 N–H and O–H groups in total. The van der Waals surface area contributed by atoms with E-state index in [4.69, 9.17) is 11.6 Å². The zero-order valence-electron chi connectivity index (χ0n) is 12.2. The van der Waals surface area contributed by atoms with E-state index in [-0.39, 0.29) is 0 Å². The normalized spacial score (nSPS) is 10.9. The summed E-state index contributed by atoms with van der Waals surface area (Å²) in [6.07, 6.45) is 6.26. The molecule has 2 aromatic rings. The highest BCUT2D eigenvalue weighted by molar-refractivity contribution is 6.30. The molecule has 1 aromatic carbocycles. The number of hydrogen-bond acceptors (Lipinski definition) is 2. The summed E-state index contributed by atoms with van der Waals surface area (Å²) in [6, 6.07) is 6.06. The van der Waals surface area contributed by atoms with Gasteiger partial charge in [-0.15, -0.1) is 0 Å². The van der Waals surface area contributed by atoms with Crippen molar-refractivity contribution in [1.82, 2.24) is 15.1 Å². The van der Waals surface area contributed by atoms with Crippen molar-refractivity contribution in [2.45, 2.75) is 39.8 Å². The molecule has 3 nitrogen and oxygen atoms in total. The first-order valence-corrected chi connectivity index (χ1v) is 7.64. The number of halogens is 1. The van der Waals surface area contributed by atoms with Crippen LogP contribution in [0.15, 0.2) is 30.6 Å². The Morgan fingerprint density at radius 1 is 1.25 bits per heavy atom. The van der Waals surface area contributed by atoms with E-state index >= 15 is 0 Å². The second-order valence-electron chi connectivity index (χ2n) is 4.97. The lowest BCUT2D eigenvalue weighted by atomic mass is 10.0. The van der Waals surface area contributed by atoms with E-state index in [0.29, 0.717) is 0 Å². The van der Waals surface area contributed by atoms with Crippen LogP contribution < -0.4 is 5.32 Å². The first-order valence-electron chi connectivity index (χ1n) is 7.26. The summed E-state index contributed by atoms with van der Waals surface area (Å²) in [6.45, 7) is 7.13. The Morgan fingerprint density at radius 2 is 2.10 bits per heavy atom. The Labute approximate surface area is 126 Å². The van der Waals surface area contributed by atoms with Crippen LogP contribution in [0.2, 0.25) is 5.02 Å². The number of hydrogen-bond donors (Lipinski definition) is 1. The monoisotopic (exact) mass is 291 g/mol. The maximum absolute atomic E-state index is 6.12. The predicted molar refractivity (Wildman–Crippen MR) is 85.0 cm³/mol. The smallest absolute Gasteiger partial charge is 0.0568 e. The van der Waals surface area contributed by atoms with Gasteiger partial charge < -0.3 is 5.32 Å². The topological polar surface area (TPSA) is 29.9 Å². The molecule has 20 heavy (non-hydrogen) atoms. The average molecular weight is 292 g/mol. The fourth-order valence-corrected chi connectivity index (χ4v) is 2.44. The van der Waals surface area contributed by atoms with Crippen molar-refractivity contribution < 1.29 is 0 Å². The van der Waals surface area contributed by atoms with Crippen molar-refractivity contribution in [3.05, 3.63) is 41.2 Å². The predicted octanol–water partition coefficient (Wildman–Crippen LogP) is 4.11. The Kier molecular flexibility index (Phi) is 5.62. The zero-order chi connectivity index (χ0) is 14.4. The van der Waals surface area contributed by atoms with Crippen LogP contribution in [0, 0.1) is 0 Å². The van der Waals surface area contributed by atoms with Crippen LogP contribution in [-0.2, 0) is 13.1 Å². The zero-order valence-corrected chi connectivity index (χ0v) is 13.0. The van der Waals surface area contributed by atoms with E-state index in [2.05, 4.69) is 36.5 Å². The van der Waals surface area contributed by atoms with Gasteiger partial charge >= 0.3 is 0 Å². The second-order valence-corrected chi connectivity index (χ2v) is 5.41. The highest BCUT2D eigenvalue weighted by Gasteiger charge is 2.08. The van der Waals surface area contributed by atoms with Crippen molar-refractivity contribution >= 4 is 11.6 Å². The van der Waals surface area contributed by atoms with E-state index in [0.717, 1.165) is 43.1 Å². The van der Waals surface area contributed by atoms with Crippen LogP contribution in [-0.4, -0.2) is 16.3 Å². The molecule has 4 heteroatoms. The Morgan fingerprint density at radius 3 is 2.85 bits per heavy atom. The molecule has 0 saturated heterocycles. The molecule has 2 rings (SSSR count). The van der Waals surface area contributed by atoms with Crippen molar-refractivity contribution in [1.29, 1.82) is 0 Å². The van der Waals surface area contributed by atoms with Gasteiger partial charge in [-0.3, -0.25) is 4.68 Å². The number of nitrogens with one attached hydrogen (secondary N) is 1. The molecule has 0 aliphatic heterocycles. The van der Waals surface area contributed by atoms with Gasteiger partial charge in [0, 0.05) is 29.9 Å². The lowest BCUT2D eigenvalue weighted by Crippen LogP contribution is -2.14. The third-order valence-corrected chi connectivity index (χ3v) is 3.44. The minimum absolute atomic E-state index is 0.781. The molecule has 0 amide bonds.